The third kappa shape index (κ3) is 5.45. The molecule has 7 nitrogen and oxygen atoms in total. The van der Waals surface area contributed by atoms with Crippen LogP contribution in [-0.4, -0.2) is 26.9 Å². The SMILES string of the molecule is CCOC(=O)c1c(-c2ccccc2)oc2ccc(N(C(=O)c3ccccc3)S(=O)(=O)c3ccc(C(C)(C)C)cc3)cc12. The van der Waals surface area contributed by atoms with Crippen molar-refractivity contribution in [2.24, 2.45) is 0 Å². The molecule has 4 aromatic carbocycles. The number of rotatable bonds is 7. The minimum absolute atomic E-state index is 0.0392. The minimum Gasteiger partial charge on any atom is -0.462 e. The van der Waals surface area contributed by atoms with Crippen molar-refractivity contribution in [3.8, 4) is 11.3 Å². The highest BCUT2D eigenvalue weighted by atomic mass is 32.2. The predicted molar refractivity (Wildman–Crippen MR) is 163 cm³/mol. The standard InChI is InChI=1S/C34H31NO6S/c1-5-40-33(37)30-28-22-26(18-21-29(28)41-31(30)23-12-8-6-9-13-23)35(32(36)24-14-10-7-11-15-24)42(38,39)27-19-16-25(17-20-27)34(2,3)4/h6-22H,5H2,1-4H3. The molecule has 1 aromatic heterocycles. The first-order valence-electron chi connectivity index (χ1n) is 13.6. The highest BCUT2D eigenvalue weighted by molar-refractivity contribution is 7.93. The fraction of sp³-hybridized carbons (Fsp3) is 0.176. The Balaban J connectivity index is 1.72. The van der Waals surface area contributed by atoms with Crippen molar-refractivity contribution in [3.63, 3.8) is 0 Å². The van der Waals surface area contributed by atoms with Crippen LogP contribution in [0.2, 0.25) is 0 Å². The van der Waals surface area contributed by atoms with Gasteiger partial charge in [0, 0.05) is 16.5 Å². The average Bonchev–Trinajstić information content (AvgIpc) is 3.37. The molecule has 0 N–H and O–H groups in total. The Morgan fingerprint density at radius 1 is 0.833 bits per heavy atom. The number of amides is 1. The van der Waals surface area contributed by atoms with Crippen molar-refractivity contribution in [2.45, 2.75) is 38.0 Å². The molecule has 0 radical (unpaired) electrons. The summed E-state index contributed by atoms with van der Waals surface area (Å²) in [6, 6.07) is 28.4. The summed E-state index contributed by atoms with van der Waals surface area (Å²) in [4.78, 5) is 27.1. The number of esters is 1. The van der Waals surface area contributed by atoms with Crippen molar-refractivity contribution < 1.29 is 27.2 Å². The first-order valence-corrected chi connectivity index (χ1v) is 15.0. The third-order valence-electron chi connectivity index (χ3n) is 6.89. The van der Waals surface area contributed by atoms with Crippen molar-refractivity contribution >= 4 is 38.6 Å². The number of hydrogen-bond donors (Lipinski definition) is 0. The molecule has 1 amide bonds. The summed E-state index contributed by atoms with van der Waals surface area (Å²) >= 11 is 0. The fourth-order valence-electron chi connectivity index (χ4n) is 4.71. The second-order valence-electron chi connectivity index (χ2n) is 10.8. The zero-order valence-electron chi connectivity index (χ0n) is 23.8. The van der Waals surface area contributed by atoms with Crippen LogP contribution in [0.15, 0.2) is 112 Å². The van der Waals surface area contributed by atoms with Crippen molar-refractivity contribution in [2.75, 3.05) is 10.9 Å². The van der Waals surface area contributed by atoms with Crippen LogP contribution in [0, 0.1) is 0 Å². The molecule has 0 saturated heterocycles. The van der Waals surface area contributed by atoms with E-state index in [9.17, 15) is 18.0 Å². The van der Waals surface area contributed by atoms with E-state index in [4.69, 9.17) is 9.15 Å². The van der Waals surface area contributed by atoms with Crippen LogP contribution in [0.25, 0.3) is 22.3 Å². The van der Waals surface area contributed by atoms with E-state index < -0.39 is 21.9 Å². The maximum Gasteiger partial charge on any atom is 0.342 e. The molecule has 5 rings (SSSR count). The van der Waals surface area contributed by atoms with Gasteiger partial charge in [0.1, 0.15) is 16.9 Å². The molecule has 0 aliphatic heterocycles. The van der Waals surface area contributed by atoms with Crippen LogP contribution in [0.1, 0.15) is 54.0 Å². The molecular formula is C34H31NO6S. The van der Waals surface area contributed by atoms with E-state index in [1.807, 2.05) is 39.0 Å². The summed E-state index contributed by atoms with van der Waals surface area (Å²) in [7, 11) is -4.38. The zero-order chi connectivity index (χ0) is 30.1. The van der Waals surface area contributed by atoms with Gasteiger partial charge >= 0.3 is 5.97 Å². The smallest absolute Gasteiger partial charge is 0.342 e. The summed E-state index contributed by atoms with van der Waals surface area (Å²) in [6.07, 6.45) is 0. The number of carbonyl (C=O) groups excluding carboxylic acids is 2. The Bertz CT molecular complexity index is 1850. The van der Waals surface area contributed by atoms with E-state index in [2.05, 4.69) is 0 Å². The number of carbonyl (C=O) groups is 2. The Morgan fingerprint density at radius 2 is 1.45 bits per heavy atom. The van der Waals surface area contributed by atoms with E-state index in [-0.39, 0.29) is 33.7 Å². The van der Waals surface area contributed by atoms with E-state index in [0.29, 0.717) is 22.3 Å². The van der Waals surface area contributed by atoms with Gasteiger partial charge in [0.2, 0.25) is 0 Å². The monoisotopic (exact) mass is 581 g/mol. The summed E-state index contributed by atoms with van der Waals surface area (Å²) < 4.78 is 40.6. The molecule has 8 heteroatoms. The molecule has 1 heterocycles. The Hall–Kier alpha value is -4.69. The number of nitrogens with zero attached hydrogens (tertiary/aromatic N) is 1. The van der Waals surface area contributed by atoms with Crippen molar-refractivity contribution in [3.05, 3.63) is 120 Å². The highest BCUT2D eigenvalue weighted by Gasteiger charge is 2.33. The van der Waals surface area contributed by atoms with Crippen LogP contribution in [0.5, 0.6) is 0 Å². The van der Waals surface area contributed by atoms with Gasteiger partial charge in [0.25, 0.3) is 15.9 Å². The van der Waals surface area contributed by atoms with Gasteiger partial charge in [0.05, 0.1) is 17.2 Å². The molecule has 0 bridgehead atoms. The van der Waals surface area contributed by atoms with E-state index in [0.717, 1.165) is 9.87 Å². The second kappa shape index (κ2) is 11.3. The van der Waals surface area contributed by atoms with Crippen molar-refractivity contribution in [1.29, 1.82) is 0 Å². The molecule has 5 aromatic rings. The van der Waals surface area contributed by atoms with E-state index in [1.54, 1.807) is 67.6 Å². The Morgan fingerprint density at radius 3 is 2.05 bits per heavy atom. The van der Waals surface area contributed by atoms with Gasteiger partial charge in [-0.05, 0) is 60.4 Å². The molecule has 0 atom stereocenters. The summed E-state index contributed by atoms with van der Waals surface area (Å²) in [5.41, 5.74) is 2.17. The van der Waals surface area contributed by atoms with Gasteiger partial charge in [-0.15, -0.1) is 0 Å². The summed E-state index contributed by atoms with van der Waals surface area (Å²) in [5, 5.41) is 0.328. The fourth-order valence-corrected chi connectivity index (χ4v) is 6.11. The lowest BCUT2D eigenvalue weighted by Crippen LogP contribution is -2.37. The first-order chi connectivity index (χ1) is 20.0. The predicted octanol–water partition coefficient (Wildman–Crippen LogP) is 7.61. The molecular weight excluding hydrogens is 550 g/mol. The van der Waals surface area contributed by atoms with Crippen LogP contribution >= 0.6 is 0 Å². The van der Waals surface area contributed by atoms with Crippen LogP contribution in [0.3, 0.4) is 0 Å². The number of furan rings is 1. The summed E-state index contributed by atoms with van der Waals surface area (Å²) in [6.45, 7) is 7.94. The minimum atomic E-state index is -4.38. The molecule has 0 saturated carbocycles. The number of benzene rings is 4. The van der Waals surface area contributed by atoms with Crippen molar-refractivity contribution in [1.82, 2.24) is 0 Å². The normalized spacial score (nSPS) is 11.8. The molecule has 0 unspecified atom stereocenters. The molecule has 0 aliphatic carbocycles. The number of sulfonamides is 1. The van der Waals surface area contributed by atoms with E-state index >= 15 is 0 Å². The molecule has 214 valence electrons. The Kier molecular flexibility index (Phi) is 7.75. The summed E-state index contributed by atoms with van der Waals surface area (Å²) in [5.74, 6) is -1.06. The Labute approximate surface area is 245 Å². The van der Waals surface area contributed by atoms with Gasteiger partial charge in [-0.1, -0.05) is 81.4 Å². The third-order valence-corrected chi connectivity index (χ3v) is 8.61. The van der Waals surface area contributed by atoms with Gasteiger partial charge < -0.3 is 9.15 Å². The second-order valence-corrected chi connectivity index (χ2v) is 12.6. The topological polar surface area (TPSA) is 93.9 Å². The lowest BCUT2D eigenvalue weighted by Gasteiger charge is -2.24. The maximum atomic E-state index is 14.2. The van der Waals surface area contributed by atoms with Crippen LogP contribution in [-0.2, 0) is 20.2 Å². The molecule has 42 heavy (non-hydrogen) atoms. The number of anilines is 1. The molecule has 0 aliphatic rings. The lowest BCUT2D eigenvalue weighted by molar-refractivity contribution is 0.0528. The highest BCUT2D eigenvalue weighted by Crippen LogP contribution is 2.38. The van der Waals surface area contributed by atoms with Gasteiger partial charge in [-0.25, -0.2) is 13.2 Å². The number of ether oxygens (including phenoxy) is 1. The van der Waals surface area contributed by atoms with Crippen LogP contribution < -0.4 is 4.31 Å². The average molecular weight is 582 g/mol. The number of fused-ring (bicyclic) bond motifs is 1. The van der Waals surface area contributed by atoms with Gasteiger partial charge in [-0.2, -0.15) is 4.31 Å². The molecule has 0 fully saturated rings. The molecule has 0 spiro atoms. The van der Waals surface area contributed by atoms with Crippen LogP contribution in [0.4, 0.5) is 5.69 Å². The largest absolute Gasteiger partial charge is 0.462 e. The number of hydrogen-bond acceptors (Lipinski definition) is 6. The zero-order valence-corrected chi connectivity index (χ0v) is 24.6. The quantitative estimate of drug-likeness (QED) is 0.184. The first kappa shape index (κ1) is 28.8. The van der Waals surface area contributed by atoms with Gasteiger partial charge in [-0.3, -0.25) is 4.79 Å². The maximum absolute atomic E-state index is 14.2. The lowest BCUT2D eigenvalue weighted by atomic mass is 9.87. The van der Waals surface area contributed by atoms with Gasteiger partial charge in [0.15, 0.2) is 0 Å². The van der Waals surface area contributed by atoms with E-state index in [1.165, 1.54) is 24.3 Å².